The van der Waals surface area contributed by atoms with Crippen LogP contribution in [0.1, 0.15) is 32.6 Å². The van der Waals surface area contributed by atoms with Crippen molar-refractivity contribution >= 4 is 27.8 Å². The summed E-state index contributed by atoms with van der Waals surface area (Å²) in [5.41, 5.74) is 1.18. The lowest BCUT2D eigenvalue weighted by molar-refractivity contribution is -0.112. The first kappa shape index (κ1) is 15.5. The van der Waals surface area contributed by atoms with Gasteiger partial charge in [0.1, 0.15) is 15.7 Å². The molecule has 23 heavy (non-hydrogen) atoms. The quantitative estimate of drug-likeness (QED) is 0.745. The van der Waals surface area contributed by atoms with Crippen LogP contribution in [-0.2, 0) is 15.6 Å². The third-order valence-corrected chi connectivity index (χ3v) is 4.87. The zero-order chi connectivity index (χ0) is 16.2. The fraction of sp³-hybridized carbons (Fsp3) is 0.462. The number of anilines is 1. The summed E-state index contributed by atoms with van der Waals surface area (Å²) in [4.78, 5) is 18.3. The summed E-state index contributed by atoms with van der Waals surface area (Å²) >= 11 is 0. The van der Waals surface area contributed by atoms with Gasteiger partial charge in [-0.1, -0.05) is 24.9 Å². The molecule has 3 rings (SSSR count). The average molecular weight is 335 g/mol. The molecule has 10 heteroatoms. The van der Waals surface area contributed by atoms with E-state index in [-0.39, 0.29) is 10.9 Å². The Balaban J connectivity index is 1.67. The maximum Gasteiger partial charge on any atom is 0.270 e. The summed E-state index contributed by atoms with van der Waals surface area (Å²) in [5.74, 6) is -0.479. The molecule has 1 unspecified atom stereocenters. The van der Waals surface area contributed by atoms with Crippen LogP contribution in [-0.4, -0.2) is 47.4 Å². The molecule has 0 aliphatic carbocycles. The molecule has 0 saturated carbocycles. The Labute approximate surface area is 135 Å². The fourth-order valence-electron chi connectivity index (χ4n) is 2.36. The minimum atomic E-state index is -1.60. The molecule has 0 spiro atoms. The smallest absolute Gasteiger partial charge is 0.270 e. The fourth-order valence-corrected chi connectivity index (χ4v) is 3.48. The van der Waals surface area contributed by atoms with Gasteiger partial charge in [0.05, 0.1) is 0 Å². The minimum absolute atomic E-state index is 0.0399. The number of nitrogens with zero attached hydrogens (tertiary/aromatic N) is 5. The number of nitrogens with one attached hydrogen (secondary N) is 2. The number of fused-ring (bicyclic) bond motifs is 1. The van der Waals surface area contributed by atoms with Crippen molar-refractivity contribution in [3.8, 4) is 0 Å². The Morgan fingerprint density at radius 2 is 2.35 bits per heavy atom. The van der Waals surface area contributed by atoms with Crippen molar-refractivity contribution in [1.29, 1.82) is 0 Å². The van der Waals surface area contributed by atoms with Gasteiger partial charge in [-0.25, -0.2) is 9.20 Å². The number of unbranched alkanes of at least 4 members (excludes halogenated alkanes) is 2. The van der Waals surface area contributed by atoms with E-state index in [1.807, 2.05) is 0 Å². The third-order valence-electron chi connectivity index (χ3n) is 3.51. The van der Waals surface area contributed by atoms with Crippen LogP contribution < -0.4 is 5.32 Å². The number of rotatable bonds is 6. The largest absolute Gasteiger partial charge is 0.320 e. The van der Waals surface area contributed by atoms with Crippen molar-refractivity contribution in [2.75, 3.05) is 11.9 Å². The van der Waals surface area contributed by atoms with Crippen molar-refractivity contribution < 1.29 is 9.00 Å². The normalized spacial score (nSPS) is 19.8. The van der Waals surface area contributed by atoms with Crippen LogP contribution in [0.5, 0.6) is 0 Å². The molecule has 0 radical (unpaired) electrons. The van der Waals surface area contributed by atoms with Gasteiger partial charge in [-0.05, 0) is 23.6 Å². The molecule has 1 aromatic rings. The van der Waals surface area contributed by atoms with Crippen LogP contribution >= 0.6 is 0 Å². The van der Waals surface area contributed by atoms with Crippen LogP contribution in [0.25, 0.3) is 0 Å². The third kappa shape index (κ3) is 3.36. The number of aliphatic imine (C=N–C) groups is 1. The van der Waals surface area contributed by atoms with Gasteiger partial charge in [0.25, 0.3) is 11.9 Å². The van der Waals surface area contributed by atoms with Crippen molar-refractivity contribution in [2.24, 2.45) is 4.99 Å². The lowest BCUT2D eigenvalue weighted by Gasteiger charge is -2.21. The summed E-state index contributed by atoms with van der Waals surface area (Å²) in [6, 6.07) is 0. The van der Waals surface area contributed by atoms with E-state index < -0.39 is 16.7 Å². The molecule has 1 amide bonds. The van der Waals surface area contributed by atoms with Crippen molar-refractivity contribution in [2.45, 2.75) is 32.6 Å². The molecule has 2 N–H and O–H groups in total. The summed E-state index contributed by atoms with van der Waals surface area (Å²) in [6.45, 7) is 2.78. The first-order chi connectivity index (χ1) is 11.2. The summed E-state index contributed by atoms with van der Waals surface area (Å²) in [5, 5.41) is 15.7. The molecule has 122 valence electrons. The van der Waals surface area contributed by atoms with E-state index in [1.165, 1.54) is 12.0 Å². The van der Waals surface area contributed by atoms with Crippen LogP contribution in [0.3, 0.4) is 0 Å². The molecule has 3 heterocycles. The Morgan fingerprint density at radius 3 is 3.09 bits per heavy atom. The second-order valence-corrected chi connectivity index (χ2v) is 6.58. The standard InChI is InChI=1S/C13H17N7O2S/c1-2-3-4-5-9-6-14-13-20(7-9)8-10(23(13)22)11(21)15-12-16-18-19-17-12/h6,8H,2-5,7H2,1H3,(H2,15,16,17,18,19,21). The molecule has 2 aliphatic rings. The topological polar surface area (TPSA) is 116 Å². The number of aromatic amines is 1. The van der Waals surface area contributed by atoms with Gasteiger partial charge in [-0.2, -0.15) is 5.21 Å². The van der Waals surface area contributed by atoms with Gasteiger partial charge in [0, 0.05) is 18.9 Å². The van der Waals surface area contributed by atoms with Crippen LogP contribution in [0, 0.1) is 0 Å². The highest BCUT2D eigenvalue weighted by molar-refractivity contribution is 8.05. The van der Waals surface area contributed by atoms with E-state index in [0.29, 0.717) is 11.7 Å². The van der Waals surface area contributed by atoms with Crippen molar-refractivity contribution in [3.05, 3.63) is 22.9 Å². The summed E-state index contributed by atoms with van der Waals surface area (Å²) < 4.78 is 12.4. The van der Waals surface area contributed by atoms with Gasteiger partial charge in [0.2, 0.25) is 5.17 Å². The zero-order valence-corrected chi connectivity index (χ0v) is 13.5. The molecule has 2 aliphatic heterocycles. The van der Waals surface area contributed by atoms with Gasteiger partial charge < -0.3 is 4.90 Å². The van der Waals surface area contributed by atoms with Gasteiger partial charge in [-0.3, -0.25) is 10.1 Å². The lowest BCUT2D eigenvalue weighted by atomic mass is 10.1. The van der Waals surface area contributed by atoms with Crippen LogP contribution in [0.4, 0.5) is 5.95 Å². The van der Waals surface area contributed by atoms with E-state index in [0.717, 1.165) is 19.3 Å². The van der Waals surface area contributed by atoms with Crippen molar-refractivity contribution in [1.82, 2.24) is 25.5 Å². The highest BCUT2D eigenvalue weighted by Crippen LogP contribution is 2.25. The molecule has 0 saturated heterocycles. The van der Waals surface area contributed by atoms with Gasteiger partial charge in [-0.15, -0.1) is 5.10 Å². The monoisotopic (exact) mass is 335 g/mol. The summed E-state index contributed by atoms with van der Waals surface area (Å²) in [7, 11) is -1.60. The number of aromatic nitrogens is 4. The molecule has 9 nitrogen and oxygen atoms in total. The Morgan fingerprint density at radius 1 is 1.48 bits per heavy atom. The Kier molecular flexibility index (Phi) is 4.60. The molecule has 0 fully saturated rings. The lowest BCUT2D eigenvalue weighted by Crippen LogP contribution is -2.28. The maximum absolute atomic E-state index is 12.4. The number of carbonyl (C=O) groups is 1. The predicted octanol–water partition coefficient (Wildman–Crippen LogP) is 0.878. The predicted molar refractivity (Wildman–Crippen MR) is 85.4 cm³/mol. The molecule has 1 aromatic heterocycles. The Hall–Kier alpha value is -2.36. The van der Waals surface area contributed by atoms with Gasteiger partial charge in [0.15, 0.2) is 0 Å². The van der Waals surface area contributed by atoms with E-state index in [2.05, 4.69) is 37.9 Å². The summed E-state index contributed by atoms with van der Waals surface area (Å²) in [6.07, 6.45) is 7.76. The van der Waals surface area contributed by atoms with Crippen LogP contribution in [0.2, 0.25) is 0 Å². The number of H-pyrrole nitrogens is 1. The first-order valence-electron chi connectivity index (χ1n) is 7.39. The van der Waals surface area contributed by atoms with Gasteiger partial charge >= 0.3 is 0 Å². The van der Waals surface area contributed by atoms with Crippen LogP contribution in [0.15, 0.2) is 27.9 Å². The zero-order valence-electron chi connectivity index (χ0n) is 12.7. The first-order valence-corrected chi connectivity index (χ1v) is 8.54. The number of carbonyl (C=O) groups excluding carboxylic acids is 1. The molecule has 0 aromatic carbocycles. The minimum Gasteiger partial charge on any atom is -0.320 e. The molecule has 1 atom stereocenters. The molecular weight excluding hydrogens is 318 g/mol. The number of hydrogen-bond acceptors (Lipinski definition) is 7. The number of amides is 1. The number of tetrazole rings is 1. The van der Waals surface area contributed by atoms with E-state index in [1.54, 1.807) is 17.3 Å². The average Bonchev–Trinajstić information content (AvgIpc) is 3.16. The second kappa shape index (κ2) is 6.82. The molecular formula is C13H17N7O2S. The van der Waals surface area contributed by atoms with E-state index >= 15 is 0 Å². The van der Waals surface area contributed by atoms with E-state index in [9.17, 15) is 9.00 Å². The number of amidine groups is 1. The molecule has 0 bridgehead atoms. The second-order valence-electron chi connectivity index (χ2n) is 5.24. The van der Waals surface area contributed by atoms with Crippen molar-refractivity contribution in [3.63, 3.8) is 0 Å². The Bertz CT molecular complexity index is 708. The maximum atomic E-state index is 12.4. The SMILES string of the molecule is CCCCCC1=CN=C2N(C=C(C(=O)Nc3nn[nH]n3)S2=O)C1. The number of hydrogen-bond donors (Lipinski definition) is 2. The highest BCUT2D eigenvalue weighted by Gasteiger charge is 2.34. The highest BCUT2D eigenvalue weighted by atomic mass is 32.2. The van der Waals surface area contributed by atoms with E-state index in [4.69, 9.17) is 0 Å².